The fourth-order valence-electron chi connectivity index (χ4n) is 2.81. The smallest absolute Gasteiger partial charge is 0.349 e. The molecule has 2 rings (SSSR count). The predicted octanol–water partition coefficient (Wildman–Crippen LogP) is 3.83. The van der Waals surface area contributed by atoms with Gasteiger partial charge in [-0.15, -0.1) is 0 Å². The Morgan fingerprint density at radius 3 is 2.54 bits per heavy atom. The molecule has 1 amide bonds. The number of nitrogens with one attached hydrogen (secondary N) is 1. The molecule has 0 aliphatic rings. The molecule has 7 heteroatoms. The second-order valence-corrected chi connectivity index (χ2v) is 7.17. The summed E-state index contributed by atoms with van der Waals surface area (Å²) in [4.78, 5) is 24.0. The monoisotopic (exact) mass is 443 g/mol. The van der Waals surface area contributed by atoms with E-state index in [9.17, 15) is 14.9 Å². The van der Waals surface area contributed by atoms with E-state index in [1.54, 1.807) is 6.92 Å². The van der Waals surface area contributed by atoms with Crippen molar-refractivity contribution in [3.63, 3.8) is 0 Å². The number of nitrogens with zero attached hydrogens (tertiary/aromatic N) is 2. The van der Waals surface area contributed by atoms with Gasteiger partial charge in [0.2, 0.25) is 0 Å². The molecule has 0 fully saturated rings. The van der Waals surface area contributed by atoms with Gasteiger partial charge in [-0.1, -0.05) is 15.9 Å². The first-order valence-electron chi connectivity index (χ1n) is 8.83. The minimum absolute atomic E-state index is 0.160. The number of aryl methyl sites for hydroxylation is 1. The van der Waals surface area contributed by atoms with Gasteiger partial charge in [-0.25, -0.2) is 4.79 Å². The SMILES string of the molecule is CCNC(=O)C(C)OC(=O)/C(C#N)=C/c1cc(C)n(-c2ccc(Br)cc2)c1C. The molecule has 0 spiro atoms. The summed E-state index contributed by atoms with van der Waals surface area (Å²) in [5, 5.41) is 12.0. The van der Waals surface area contributed by atoms with Crippen LogP contribution in [0.3, 0.4) is 0 Å². The highest BCUT2D eigenvalue weighted by Crippen LogP contribution is 2.24. The lowest BCUT2D eigenvalue weighted by Gasteiger charge is -2.12. The first-order valence-corrected chi connectivity index (χ1v) is 9.63. The molecular formula is C21H22BrN3O3. The van der Waals surface area contributed by atoms with Crippen LogP contribution in [-0.4, -0.2) is 29.1 Å². The van der Waals surface area contributed by atoms with Crippen LogP contribution in [0, 0.1) is 25.2 Å². The van der Waals surface area contributed by atoms with Crippen LogP contribution in [0.15, 0.2) is 40.4 Å². The van der Waals surface area contributed by atoms with Crippen molar-refractivity contribution in [2.75, 3.05) is 6.54 Å². The zero-order valence-corrected chi connectivity index (χ0v) is 17.8. The maximum absolute atomic E-state index is 12.3. The third-order valence-electron chi connectivity index (χ3n) is 4.20. The lowest BCUT2D eigenvalue weighted by atomic mass is 10.1. The number of aromatic nitrogens is 1. The quantitative estimate of drug-likeness (QED) is 0.417. The van der Waals surface area contributed by atoms with E-state index in [1.807, 2.05) is 54.8 Å². The summed E-state index contributed by atoms with van der Waals surface area (Å²) in [7, 11) is 0. The van der Waals surface area contributed by atoms with Gasteiger partial charge in [0.05, 0.1) is 0 Å². The maximum Gasteiger partial charge on any atom is 0.349 e. The average Bonchev–Trinajstić information content (AvgIpc) is 2.93. The zero-order valence-electron chi connectivity index (χ0n) is 16.2. The molecule has 28 heavy (non-hydrogen) atoms. The first kappa shape index (κ1) is 21.5. The zero-order chi connectivity index (χ0) is 20.8. The highest BCUT2D eigenvalue weighted by Gasteiger charge is 2.20. The van der Waals surface area contributed by atoms with Crippen LogP contribution in [0.25, 0.3) is 11.8 Å². The minimum Gasteiger partial charge on any atom is -0.448 e. The normalized spacial score (nSPS) is 12.2. The lowest BCUT2D eigenvalue weighted by molar-refractivity contribution is -0.150. The van der Waals surface area contributed by atoms with Crippen LogP contribution >= 0.6 is 15.9 Å². The first-order chi connectivity index (χ1) is 13.3. The van der Waals surface area contributed by atoms with E-state index in [0.29, 0.717) is 6.54 Å². The topological polar surface area (TPSA) is 84.1 Å². The molecule has 1 aromatic heterocycles. The summed E-state index contributed by atoms with van der Waals surface area (Å²) < 4.78 is 8.13. The number of nitriles is 1. The number of ether oxygens (including phenoxy) is 1. The van der Waals surface area contributed by atoms with Crippen molar-refractivity contribution in [3.8, 4) is 11.8 Å². The van der Waals surface area contributed by atoms with E-state index >= 15 is 0 Å². The number of carbonyl (C=O) groups is 2. The van der Waals surface area contributed by atoms with Crippen LogP contribution in [0.2, 0.25) is 0 Å². The van der Waals surface area contributed by atoms with Crippen LogP contribution < -0.4 is 5.32 Å². The third kappa shape index (κ3) is 4.90. The number of halogens is 1. The largest absolute Gasteiger partial charge is 0.448 e. The molecule has 0 bridgehead atoms. The van der Waals surface area contributed by atoms with Gasteiger partial charge in [-0.2, -0.15) is 5.26 Å². The average molecular weight is 444 g/mol. The van der Waals surface area contributed by atoms with Crippen LogP contribution in [0.5, 0.6) is 0 Å². The number of rotatable bonds is 6. The summed E-state index contributed by atoms with van der Waals surface area (Å²) >= 11 is 3.42. The third-order valence-corrected chi connectivity index (χ3v) is 4.73. The van der Waals surface area contributed by atoms with Gasteiger partial charge < -0.3 is 14.6 Å². The van der Waals surface area contributed by atoms with E-state index in [4.69, 9.17) is 4.74 Å². The standard InChI is InChI=1S/C21H22BrN3O3/c1-5-24-20(26)15(4)28-21(27)17(12-23)11-16-10-13(2)25(14(16)3)19-8-6-18(22)7-9-19/h6-11,15H,5H2,1-4H3,(H,24,26)/b17-11+. The molecule has 0 aliphatic carbocycles. The number of esters is 1. The van der Waals surface area contributed by atoms with Crippen LogP contribution in [-0.2, 0) is 14.3 Å². The Morgan fingerprint density at radius 1 is 1.32 bits per heavy atom. The molecule has 0 saturated carbocycles. The molecule has 146 valence electrons. The van der Waals surface area contributed by atoms with Gasteiger partial charge in [0.1, 0.15) is 11.6 Å². The molecular weight excluding hydrogens is 422 g/mol. The predicted molar refractivity (Wildman–Crippen MR) is 111 cm³/mol. The molecule has 6 nitrogen and oxygen atoms in total. The van der Waals surface area contributed by atoms with Gasteiger partial charge in [0.15, 0.2) is 6.10 Å². The minimum atomic E-state index is -0.973. The van der Waals surface area contributed by atoms with Gasteiger partial charge in [0.25, 0.3) is 5.91 Å². The number of benzene rings is 1. The van der Waals surface area contributed by atoms with Crippen LogP contribution in [0.4, 0.5) is 0 Å². The van der Waals surface area contributed by atoms with E-state index in [2.05, 4.69) is 21.2 Å². The summed E-state index contributed by atoms with van der Waals surface area (Å²) in [5.41, 5.74) is 3.40. The van der Waals surface area contributed by atoms with E-state index in [1.165, 1.54) is 13.0 Å². The summed E-state index contributed by atoms with van der Waals surface area (Å²) in [6.07, 6.45) is 0.518. The van der Waals surface area contributed by atoms with Crippen molar-refractivity contribution >= 4 is 33.9 Å². The fourth-order valence-corrected chi connectivity index (χ4v) is 3.07. The number of carbonyl (C=O) groups excluding carboxylic acids is 2. The second kappa shape index (κ2) is 9.38. The van der Waals surface area contributed by atoms with E-state index < -0.39 is 18.0 Å². The van der Waals surface area contributed by atoms with Crippen molar-refractivity contribution in [1.29, 1.82) is 5.26 Å². The lowest BCUT2D eigenvalue weighted by Crippen LogP contribution is -2.35. The van der Waals surface area contributed by atoms with E-state index in [-0.39, 0.29) is 5.57 Å². The number of likely N-dealkylation sites (N-methyl/N-ethyl adjacent to an activating group) is 1. The van der Waals surface area contributed by atoms with Crippen molar-refractivity contribution in [2.45, 2.75) is 33.8 Å². The van der Waals surface area contributed by atoms with Crippen molar-refractivity contribution in [3.05, 3.63) is 57.3 Å². The van der Waals surface area contributed by atoms with Gasteiger partial charge in [-0.3, -0.25) is 4.79 Å². The second-order valence-electron chi connectivity index (χ2n) is 6.25. The molecule has 1 unspecified atom stereocenters. The molecule has 1 heterocycles. The van der Waals surface area contributed by atoms with Crippen LogP contribution in [0.1, 0.15) is 30.8 Å². The maximum atomic E-state index is 12.3. The van der Waals surface area contributed by atoms with E-state index in [0.717, 1.165) is 27.1 Å². The summed E-state index contributed by atoms with van der Waals surface area (Å²) in [6.45, 7) is 7.54. The highest BCUT2D eigenvalue weighted by atomic mass is 79.9. The van der Waals surface area contributed by atoms with Gasteiger partial charge >= 0.3 is 5.97 Å². The Bertz CT molecular complexity index is 953. The molecule has 1 atom stereocenters. The molecule has 1 aromatic carbocycles. The van der Waals surface area contributed by atoms with Crippen molar-refractivity contribution in [1.82, 2.24) is 9.88 Å². The Labute approximate surface area is 172 Å². The summed E-state index contributed by atoms with van der Waals surface area (Å²) in [5.74, 6) is -1.23. The van der Waals surface area contributed by atoms with Crippen molar-refractivity contribution in [2.24, 2.45) is 0 Å². The Kier molecular flexibility index (Phi) is 7.18. The highest BCUT2D eigenvalue weighted by molar-refractivity contribution is 9.10. The number of amides is 1. The summed E-state index contributed by atoms with van der Waals surface area (Å²) in [6, 6.07) is 11.6. The van der Waals surface area contributed by atoms with Crippen molar-refractivity contribution < 1.29 is 14.3 Å². The molecule has 0 saturated heterocycles. The Balaban J connectivity index is 2.31. The van der Waals surface area contributed by atoms with Gasteiger partial charge in [-0.05, 0) is 69.7 Å². The molecule has 1 N–H and O–H groups in total. The fraction of sp³-hybridized carbons (Fsp3) is 0.286. The molecule has 2 aromatic rings. The Morgan fingerprint density at radius 2 is 1.96 bits per heavy atom. The van der Waals surface area contributed by atoms with Gasteiger partial charge in [0, 0.05) is 28.1 Å². The molecule has 0 aliphatic heterocycles. The Hall–Kier alpha value is -2.85. The molecule has 0 radical (unpaired) electrons. The number of hydrogen-bond acceptors (Lipinski definition) is 4. The number of hydrogen-bond donors (Lipinski definition) is 1.